The molecule has 0 saturated carbocycles. The SMILES string of the molecule is CN1CCN(C(=O)Cn2cc(Nc3nc4c(N5CC6CCC(C5)N6C(=O)c5ccccc5CC#N)cccn4n3)cn2)CC1. The first kappa shape index (κ1) is 27.8. The summed E-state index contributed by atoms with van der Waals surface area (Å²) in [6, 6.07) is 13.8. The van der Waals surface area contributed by atoms with E-state index >= 15 is 0 Å². The molecule has 13 nitrogen and oxygen atoms in total. The molecule has 7 rings (SSSR count). The molecule has 2 amide bonds. The molecule has 2 bridgehead atoms. The first-order valence-corrected chi connectivity index (χ1v) is 15.1. The van der Waals surface area contributed by atoms with Crippen LogP contribution in [-0.2, 0) is 17.8 Å². The molecule has 13 heteroatoms. The number of amides is 2. The number of hydrogen-bond donors (Lipinski definition) is 1. The van der Waals surface area contributed by atoms with Gasteiger partial charge in [-0.2, -0.15) is 15.3 Å². The van der Waals surface area contributed by atoms with Crippen molar-refractivity contribution in [2.75, 3.05) is 56.5 Å². The molecule has 3 aromatic heterocycles. The molecule has 4 aromatic rings. The standard InChI is InChI=1S/C31H35N11O2/c1-37-13-15-38(16-14-37)28(43)21-40-18-23(17-33-40)34-31-35-29-27(7-4-12-41(29)36-31)39-19-24-8-9-25(20-39)42(24)30(44)26-6-3-2-5-22(26)10-11-32/h2-7,12,17-18,24-25H,8-10,13-16,19-21H2,1H3,(H,34,36). The number of pyridine rings is 1. The highest BCUT2D eigenvalue weighted by atomic mass is 16.2. The minimum absolute atomic E-state index is 0.0148. The number of rotatable bonds is 7. The van der Waals surface area contributed by atoms with Crippen molar-refractivity contribution in [3.8, 4) is 6.07 Å². The van der Waals surface area contributed by atoms with Crippen LogP contribution in [-0.4, -0.2) is 109 Å². The molecule has 3 aliphatic rings. The summed E-state index contributed by atoms with van der Waals surface area (Å²) < 4.78 is 3.40. The largest absolute Gasteiger partial charge is 0.364 e. The molecule has 2 unspecified atom stereocenters. The molecule has 1 N–H and O–H groups in total. The topological polar surface area (TPSA) is 131 Å². The van der Waals surface area contributed by atoms with E-state index in [1.165, 1.54) is 0 Å². The predicted molar refractivity (Wildman–Crippen MR) is 164 cm³/mol. The van der Waals surface area contributed by atoms with Gasteiger partial charge < -0.3 is 24.9 Å². The van der Waals surface area contributed by atoms with Crippen molar-refractivity contribution in [2.45, 2.75) is 37.9 Å². The molecule has 226 valence electrons. The van der Waals surface area contributed by atoms with Crippen molar-refractivity contribution in [1.29, 1.82) is 5.26 Å². The molecular formula is C31H35N11O2. The van der Waals surface area contributed by atoms with Crippen LogP contribution in [0.2, 0.25) is 0 Å². The minimum atomic E-state index is 0.0148. The van der Waals surface area contributed by atoms with E-state index in [0.717, 1.165) is 55.9 Å². The van der Waals surface area contributed by atoms with Crippen molar-refractivity contribution < 1.29 is 9.59 Å². The number of piperazine rings is 2. The molecule has 6 heterocycles. The van der Waals surface area contributed by atoms with Gasteiger partial charge in [0.2, 0.25) is 11.9 Å². The van der Waals surface area contributed by atoms with Crippen LogP contribution < -0.4 is 10.2 Å². The second kappa shape index (κ2) is 11.6. The fourth-order valence-electron chi connectivity index (χ4n) is 6.67. The van der Waals surface area contributed by atoms with Gasteiger partial charge in [-0.15, -0.1) is 5.10 Å². The number of fused-ring (bicyclic) bond motifs is 3. The molecule has 1 aromatic carbocycles. The van der Waals surface area contributed by atoms with Gasteiger partial charge in [-0.25, -0.2) is 4.52 Å². The minimum Gasteiger partial charge on any atom is -0.364 e. The molecule has 3 fully saturated rings. The van der Waals surface area contributed by atoms with Gasteiger partial charge in [0, 0.05) is 69.3 Å². The second-order valence-electron chi connectivity index (χ2n) is 11.8. The Morgan fingerprint density at radius 2 is 1.82 bits per heavy atom. The fraction of sp³-hybridized carbons (Fsp3) is 0.419. The highest BCUT2D eigenvalue weighted by Crippen LogP contribution is 2.35. The fourth-order valence-corrected chi connectivity index (χ4v) is 6.67. The smallest absolute Gasteiger partial charge is 0.254 e. The van der Waals surface area contributed by atoms with Gasteiger partial charge in [-0.3, -0.25) is 14.3 Å². The number of nitrogens with one attached hydrogen (secondary N) is 1. The Morgan fingerprint density at radius 1 is 1.05 bits per heavy atom. The molecule has 44 heavy (non-hydrogen) atoms. The number of anilines is 3. The van der Waals surface area contributed by atoms with E-state index in [-0.39, 0.29) is 36.9 Å². The number of nitrogens with zero attached hydrogens (tertiary/aromatic N) is 10. The number of nitriles is 1. The van der Waals surface area contributed by atoms with E-state index in [9.17, 15) is 14.9 Å². The Hall–Kier alpha value is -4.96. The van der Waals surface area contributed by atoms with Gasteiger partial charge in [0.15, 0.2) is 5.65 Å². The van der Waals surface area contributed by atoms with Gasteiger partial charge in [-0.1, -0.05) is 18.2 Å². The normalized spacial score (nSPS) is 20.2. The summed E-state index contributed by atoms with van der Waals surface area (Å²) in [7, 11) is 2.07. The summed E-state index contributed by atoms with van der Waals surface area (Å²) in [4.78, 5) is 39.7. The summed E-state index contributed by atoms with van der Waals surface area (Å²) in [5.74, 6) is 0.514. The third-order valence-corrected chi connectivity index (χ3v) is 8.96. The van der Waals surface area contributed by atoms with Gasteiger partial charge in [0.05, 0.1) is 30.1 Å². The van der Waals surface area contributed by atoms with Crippen molar-refractivity contribution >= 4 is 34.8 Å². The lowest BCUT2D eigenvalue weighted by Crippen LogP contribution is -2.56. The van der Waals surface area contributed by atoms with E-state index in [0.29, 0.717) is 30.3 Å². The first-order valence-electron chi connectivity index (χ1n) is 15.1. The Balaban J connectivity index is 1.04. The number of hydrogen-bond acceptors (Lipinski definition) is 9. The molecule has 2 atom stereocenters. The zero-order chi connectivity index (χ0) is 30.2. The zero-order valence-electron chi connectivity index (χ0n) is 24.7. The Bertz CT molecular complexity index is 1720. The van der Waals surface area contributed by atoms with Gasteiger partial charge in [0.1, 0.15) is 6.54 Å². The molecule has 0 radical (unpaired) electrons. The van der Waals surface area contributed by atoms with E-state index < -0.39 is 0 Å². The molecular weight excluding hydrogens is 558 g/mol. The molecule has 3 saturated heterocycles. The maximum absolute atomic E-state index is 13.7. The van der Waals surface area contributed by atoms with Crippen LogP contribution in [0.15, 0.2) is 55.0 Å². The number of benzene rings is 1. The highest BCUT2D eigenvalue weighted by Gasteiger charge is 2.43. The number of aromatic nitrogens is 5. The maximum Gasteiger partial charge on any atom is 0.254 e. The van der Waals surface area contributed by atoms with Crippen LogP contribution in [0.1, 0.15) is 28.8 Å². The monoisotopic (exact) mass is 593 g/mol. The first-order chi connectivity index (χ1) is 21.5. The summed E-state index contributed by atoms with van der Waals surface area (Å²) >= 11 is 0. The Kier molecular flexibility index (Phi) is 7.35. The van der Waals surface area contributed by atoms with Crippen molar-refractivity contribution in [3.63, 3.8) is 0 Å². The second-order valence-corrected chi connectivity index (χ2v) is 11.8. The maximum atomic E-state index is 13.7. The van der Waals surface area contributed by atoms with Gasteiger partial charge >= 0.3 is 0 Å². The Labute approximate surface area is 255 Å². The van der Waals surface area contributed by atoms with Crippen LogP contribution in [0.5, 0.6) is 0 Å². The van der Waals surface area contributed by atoms with Crippen LogP contribution in [0, 0.1) is 11.3 Å². The third kappa shape index (κ3) is 5.33. The van der Waals surface area contributed by atoms with Crippen molar-refractivity contribution in [2.24, 2.45) is 0 Å². The van der Waals surface area contributed by atoms with Crippen molar-refractivity contribution in [1.82, 2.24) is 39.1 Å². The lowest BCUT2D eigenvalue weighted by atomic mass is 10.0. The molecule has 3 aliphatic heterocycles. The number of carbonyl (C=O) groups is 2. The average Bonchev–Trinajstić information content (AvgIpc) is 3.72. The third-order valence-electron chi connectivity index (χ3n) is 8.96. The lowest BCUT2D eigenvalue weighted by Gasteiger charge is -2.42. The van der Waals surface area contributed by atoms with E-state index in [4.69, 9.17) is 4.98 Å². The lowest BCUT2D eigenvalue weighted by molar-refractivity contribution is -0.133. The van der Waals surface area contributed by atoms with E-state index in [1.54, 1.807) is 21.6 Å². The van der Waals surface area contributed by atoms with Crippen LogP contribution in [0.3, 0.4) is 0 Å². The quantitative estimate of drug-likeness (QED) is 0.342. The Morgan fingerprint density at radius 3 is 2.59 bits per heavy atom. The summed E-state index contributed by atoms with van der Waals surface area (Å²) in [5.41, 5.74) is 3.81. The van der Waals surface area contributed by atoms with Crippen LogP contribution >= 0.6 is 0 Å². The zero-order valence-corrected chi connectivity index (χ0v) is 24.7. The molecule has 0 aliphatic carbocycles. The molecule has 0 spiro atoms. The van der Waals surface area contributed by atoms with Crippen molar-refractivity contribution in [3.05, 3.63) is 66.1 Å². The van der Waals surface area contributed by atoms with Crippen LogP contribution in [0.25, 0.3) is 5.65 Å². The van der Waals surface area contributed by atoms with Gasteiger partial charge in [-0.05, 0) is 43.7 Å². The highest BCUT2D eigenvalue weighted by molar-refractivity contribution is 5.96. The average molecular weight is 594 g/mol. The predicted octanol–water partition coefficient (Wildman–Crippen LogP) is 2.00. The number of carbonyl (C=O) groups excluding carboxylic acids is 2. The van der Waals surface area contributed by atoms with E-state index in [2.05, 4.69) is 44.5 Å². The van der Waals surface area contributed by atoms with Gasteiger partial charge in [0.25, 0.3) is 5.91 Å². The summed E-state index contributed by atoms with van der Waals surface area (Å²) in [5, 5.41) is 21.5. The number of likely N-dealkylation sites (N-methyl/N-ethyl adjacent to an activating group) is 1. The summed E-state index contributed by atoms with van der Waals surface area (Å²) in [6.45, 7) is 4.82. The summed E-state index contributed by atoms with van der Waals surface area (Å²) in [6.07, 6.45) is 7.44. The van der Waals surface area contributed by atoms with Crippen LogP contribution in [0.4, 0.5) is 17.3 Å². The van der Waals surface area contributed by atoms with E-state index in [1.807, 2.05) is 46.3 Å².